The smallest absolute Gasteiger partial charge is 0.135 e. The summed E-state index contributed by atoms with van der Waals surface area (Å²) in [4.78, 5) is 2.25. The van der Waals surface area contributed by atoms with Crippen molar-refractivity contribution in [3.63, 3.8) is 0 Å². The minimum Gasteiger partial charge on any atom is -0.487 e. The first-order valence-corrected chi connectivity index (χ1v) is 6.64. The molecule has 0 aliphatic carbocycles. The Kier molecular flexibility index (Phi) is 6.80. The zero-order valence-electron chi connectivity index (χ0n) is 12.0. The Balaban J connectivity index is 2.43. The lowest BCUT2D eigenvalue weighted by Gasteiger charge is -2.30. The van der Waals surface area contributed by atoms with Gasteiger partial charge in [0.1, 0.15) is 12.4 Å². The molecule has 1 fully saturated rings. The molecule has 3 heteroatoms. The Morgan fingerprint density at radius 3 is 2.63 bits per heavy atom. The number of nitrogens with zero attached hydrogens (tertiary/aromatic N) is 1. The number of hydrogen-bond acceptors (Lipinski definition) is 3. The van der Waals surface area contributed by atoms with Crippen molar-refractivity contribution < 1.29 is 4.74 Å². The van der Waals surface area contributed by atoms with Gasteiger partial charge in [-0.3, -0.25) is 0 Å². The predicted octanol–water partition coefficient (Wildman–Crippen LogP) is 2.61. The molecule has 1 aliphatic rings. The molecule has 0 bridgehead atoms. The Bertz CT molecular complexity index is 408. The molecule has 0 radical (unpaired) electrons. The van der Waals surface area contributed by atoms with Crippen LogP contribution in [0.25, 0.3) is 0 Å². The maximum absolute atomic E-state index is 5.63. The van der Waals surface area contributed by atoms with Crippen molar-refractivity contribution in [2.24, 2.45) is 0 Å². The highest BCUT2D eigenvalue weighted by molar-refractivity contribution is 5.21. The molecule has 1 N–H and O–H groups in total. The maximum atomic E-state index is 5.63. The van der Waals surface area contributed by atoms with Crippen molar-refractivity contribution in [1.29, 1.82) is 0 Å². The van der Waals surface area contributed by atoms with Gasteiger partial charge >= 0.3 is 0 Å². The molecule has 0 spiro atoms. The molecule has 19 heavy (non-hydrogen) atoms. The van der Waals surface area contributed by atoms with Crippen LogP contribution in [-0.4, -0.2) is 37.7 Å². The second-order valence-corrected chi connectivity index (χ2v) is 4.48. The van der Waals surface area contributed by atoms with E-state index >= 15 is 0 Å². The number of piperazine rings is 1. The zero-order valence-corrected chi connectivity index (χ0v) is 12.0. The summed E-state index contributed by atoms with van der Waals surface area (Å²) < 4.78 is 5.63. The van der Waals surface area contributed by atoms with E-state index in [9.17, 15) is 0 Å². The van der Waals surface area contributed by atoms with Crippen LogP contribution in [0, 0.1) is 0 Å². The molecule has 3 nitrogen and oxygen atoms in total. The topological polar surface area (TPSA) is 24.5 Å². The van der Waals surface area contributed by atoms with Gasteiger partial charge < -0.3 is 15.0 Å². The predicted molar refractivity (Wildman–Crippen MR) is 80.8 cm³/mol. The Morgan fingerprint density at radius 2 is 2.05 bits per heavy atom. The first-order valence-electron chi connectivity index (χ1n) is 6.64. The van der Waals surface area contributed by atoms with Gasteiger partial charge in [0.05, 0.1) is 5.70 Å². The minimum absolute atomic E-state index is 0.474. The SMILES string of the molecule is C=C=C(COC(=C)/C=C\C(C)=C/C)N1CCNCC1. The number of allylic oxidation sites excluding steroid dienone is 4. The van der Waals surface area contributed by atoms with Gasteiger partial charge in [0, 0.05) is 26.2 Å². The van der Waals surface area contributed by atoms with Gasteiger partial charge in [-0.15, -0.1) is 5.73 Å². The standard InChI is InChI=1S/C16H24N2O/c1-5-14(3)7-8-15(4)19-13-16(6-2)18-11-9-17-10-12-18/h5,7-8,17H,2,4,9-13H2,1,3H3/b8-7-,14-5-. The molecular weight excluding hydrogens is 236 g/mol. The molecule has 0 amide bonds. The van der Waals surface area contributed by atoms with Gasteiger partial charge in [-0.2, -0.15) is 0 Å². The summed E-state index contributed by atoms with van der Waals surface area (Å²) in [7, 11) is 0. The van der Waals surface area contributed by atoms with E-state index in [-0.39, 0.29) is 0 Å². The van der Waals surface area contributed by atoms with Crippen LogP contribution in [0.5, 0.6) is 0 Å². The average molecular weight is 260 g/mol. The fourth-order valence-electron chi connectivity index (χ4n) is 1.72. The van der Waals surface area contributed by atoms with E-state index in [1.807, 2.05) is 32.1 Å². The first-order chi connectivity index (χ1) is 9.17. The number of hydrogen-bond donors (Lipinski definition) is 1. The minimum atomic E-state index is 0.474. The van der Waals surface area contributed by atoms with Gasteiger partial charge in [0.25, 0.3) is 0 Å². The molecule has 1 heterocycles. The average Bonchev–Trinajstić information content (AvgIpc) is 2.46. The Labute approximate surface area is 116 Å². The van der Waals surface area contributed by atoms with E-state index in [0.717, 1.165) is 31.9 Å². The van der Waals surface area contributed by atoms with Gasteiger partial charge in [0.15, 0.2) is 0 Å². The van der Waals surface area contributed by atoms with Crippen molar-refractivity contribution in [2.45, 2.75) is 13.8 Å². The molecule has 1 rings (SSSR count). The van der Waals surface area contributed by atoms with Gasteiger partial charge in [-0.1, -0.05) is 30.9 Å². The highest BCUT2D eigenvalue weighted by atomic mass is 16.5. The number of nitrogens with one attached hydrogen (secondary N) is 1. The van der Waals surface area contributed by atoms with E-state index < -0.39 is 0 Å². The fourth-order valence-corrected chi connectivity index (χ4v) is 1.72. The lowest BCUT2D eigenvalue weighted by molar-refractivity contribution is 0.200. The molecule has 104 valence electrons. The third kappa shape index (κ3) is 5.64. The van der Waals surface area contributed by atoms with Crippen molar-refractivity contribution >= 4 is 0 Å². The maximum Gasteiger partial charge on any atom is 0.135 e. The van der Waals surface area contributed by atoms with Gasteiger partial charge in [-0.05, 0) is 19.9 Å². The molecule has 0 unspecified atom stereocenters. The monoisotopic (exact) mass is 260 g/mol. The number of rotatable bonds is 6. The summed E-state index contributed by atoms with van der Waals surface area (Å²) in [6.45, 7) is 16.1. The summed E-state index contributed by atoms with van der Waals surface area (Å²) in [5, 5.41) is 3.32. The zero-order chi connectivity index (χ0) is 14.1. The third-order valence-corrected chi connectivity index (χ3v) is 3.08. The normalized spacial score (nSPS) is 16.3. The Hall–Kier alpha value is -1.70. The summed E-state index contributed by atoms with van der Waals surface area (Å²) in [6, 6.07) is 0. The number of ether oxygens (including phenoxy) is 1. The van der Waals surface area contributed by atoms with Crippen LogP contribution in [0.15, 0.2) is 54.1 Å². The quantitative estimate of drug-likeness (QED) is 0.451. The van der Waals surface area contributed by atoms with Crippen LogP contribution in [0.1, 0.15) is 13.8 Å². The Morgan fingerprint density at radius 1 is 1.37 bits per heavy atom. The van der Waals surface area contributed by atoms with Gasteiger partial charge in [-0.25, -0.2) is 0 Å². The molecular formula is C16H24N2O. The molecule has 0 atom stereocenters. The van der Waals surface area contributed by atoms with Crippen molar-refractivity contribution in [2.75, 3.05) is 32.8 Å². The van der Waals surface area contributed by atoms with E-state index in [1.54, 1.807) is 0 Å². The highest BCUT2D eigenvalue weighted by Crippen LogP contribution is 2.08. The third-order valence-electron chi connectivity index (χ3n) is 3.08. The second kappa shape index (κ2) is 8.41. The fraction of sp³-hybridized carbons (Fsp3) is 0.438. The first kappa shape index (κ1) is 15.4. The van der Waals surface area contributed by atoms with Crippen LogP contribution in [-0.2, 0) is 4.74 Å². The van der Waals surface area contributed by atoms with Crippen molar-refractivity contribution in [3.05, 3.63) is 54.1 Å². The summed E-state index contributed by atoms with van der Waals surface area (Å²) in [6.07, 6.45) is 5.91. The van der Waals surface area contributed by atoms with Crippen LogP contribution >= 0.6 is 0 Å². The summed E-state index contributed by atoms with van der Waals surface area (Å²) in [5.74, 6) is 0.657. The van der Waals surface area contributed by atoms with Crippen LogP contribution in [0.2, 0.25) is 0 Å². The van der Waals surface area contributed by atoms with Crippen molar-refractivity contribution in [1.82, 2.24) is 10.2 Å². The van der Waals surface area contributed by atoms with Crippen LogP contribution in [0.3, 0.4) is 0 Å². The lowest BCUT2D eigenvalue weighted by Crippen LogP contribution is -2.43. The van der Waals surface area contributed by atoms with E-state index in [1.165, 1.54) is 5.57 Å². The van der Waals surface area contributed by atoms with Crippen molar-refractivity contribution in [3.8, 4) is 0 Å². The molecule has 1 aliphatic heterocycles. The molecule has 0 aromatic carbocycles. The van der Waals surface area contributed by atoms with Crippen LogP contribution in [0.4, 0.5) is 0 Å². The summed E-state index contributed by atoms with van der Waals surface area (Å²) >= 11 is 0. The largest absolute Gasteiger partial charge is 0.487 e. The molecule has 0 aromatic heterocycles. The molecule has 1 saturated heterocycles. The second-order valence-electron chi connectivity index (χ2n) is 4.48. The lowest BCUT2D eigenvalue weighted by atomic mass is 10.2. The summed E-state index contributed by atoms with van der Waals surface area (Å²) in [5.41, 5.74) is 5.15. The van der Waals surface area contributed by atoms with Gasteiger partial charge in [0.2, 0.25) is 0 Å². The van der Waals surface area contributed by atoms with E-state index in [0.29, 0.717) is 12.4 Å². The van der Waals surface area contributed by atoms with E-state index in [2.05, 4.69) is 29.1 Å². The molecule has 0 saturated carbocycles. The van der Waals surface area contributed by atoms with E-state index in [4.69, 9.17) is 4.74 Å². The highest BCUT2D eigenvalue weighted by Gasteiger charge is 2.12. The molecule has 0 aromatic rings. The van der Waals surface area contributed by atoms with Crippen LogP contribution < -0.4 is 5.32 Å².